The summed E-state index contributed by atoms with van der Waals surface area (Å²) in [6, 6.07) is 18.8. The third-order valence-corrected chi connectivity index (χ3v) is 5.71. The highest BCUT2D eigenvalue weighted by atomic mass is 32.2. The van der Waals surface area contributed by atoms with Gasteiger partial charge in [0.1, 0.15) is 5.03 Å². The summed E-state index contributed by atoms with van der Waals surface area (Å²) in [6.07, 6.45) is 0. The van der Waals surface area contributed by atoms with Crippen LogP contribution in [-0.4, -0.2) is 21.4 Å². The molecule has 0 spiro atoms. The van der Waals surface area contributed by atoms with Crippen LogP contribution in [0.3, 0.4) is 0 Å². The molecule has 0 radical (unpaired) electrons. The van der Waals surface area contributed by atoms with Gasteiger partial charge in [-0.05, 0) is 53.3 Å². The lowest BCUT2D eigenvalue weighted by Crippen LogP contribution is -2.21. The number of thioether (sulfide) groups is 1. The van der Waals surface area contributed by atoms with E-state index in [1.807, 2.05) is 48.5 Å². The molecule has 1 amide bonds. The number of aromatic nitrogens is 2. The standard InChI is InChI=1S/C24H27N3O2S/c1-16(2)18-5-9-20(10-6-18)25-22(28)15-30-23-13-14-24(29)27(26-23)21-11-7-19(8-12-21)17(3)4/h5-14,16-17H,15H2,1-4H3,(H,25,28). The van der Waals surface area contributed by atoms with Gasteiger partial charge in [-0.1, -0.05) is 63.7 Å². The molecule has 0 bridgehead atoms. The van der Waals surface area contributed by atoms with E-state index in [0.29, 0.717) is 22.5 Å². The minimum Gasteiger partial charge on any atom is -0.325 e. The summed E-state index contributed by atoms with van der Waals surface area (Å²) in [7, 11) is 0. The van der Waals surface area contributed by atoms with Crippen molar-refractivity contribution in [3.8, 4) is 5.69 Å². The molecule has 0 fully saturated rings. The largest absolute Gasteiger partial charge is 0.325 e. The van der Waals surface area contributed by atoms with Gasteiger partial charge in [-0.3, -0.25) is 9.59 Å². The highest BCUT2D eigenvalue weighted by molar-refractivity contribution is 7.99. The van der Waals surface area contributed by atoms with Gasteiger partial charge in [0.25, 0.3) is 5.56 Å². The smallest absolute Gasteiger partial charge is 0.271 e. The molecule has 6 heteroatoms. The molecule has 0 aliphatic rings. The van der Waals surface area contributed by atoms with Crippen molar-refractivity contribution in [2.75, 3.05) is 11.1 Å². The van der Waals surface area contributed by atoms with Crippen LogP contribution in [0.4, 0.5) is 5.69 Å². The average molecular weight is 422 g/mol. The van der Waals surface area contributed by atoms with Crippen molar-refractivity contribution in [1.82, 2.24) is 9.78 Å². The lowest BCUT2D eigenvalue weighted by Gasteiger charge is -2.10. The molecule has 0 aliphatic heterocycles. The Morgan fingerprint density at radius 3 is 2.03 bits per heavy atom. The first-order valence-electron chi connectivity index (χ1n) is 10.1. The maximum Gasteiger partial charge on any atom is 0.271 e. The summed E-state index contributed by atoms with van der Waals surface area (Å²) in [5.74, 6) is 0.973. The number of anilines is 1. The van der Waals surface area contributed by atoms with Gasteiger partial charge in [0, 0.05) is 11.8 Å². The topological polar surface area (TPSA) is 64.0 Å². The molecule has 156 valence electrons. The van der Waals surface area contributed by atoms with Gasteiger partial charge in [-0.2, -0.15) is 9.78 Å². The summed E-state index contributed by atoms with van der Waals surface area (Å²) < 4.78 is 1.37. The number of hydrogen-bond donors (Lipinski definition) is 1. The number of carbonyl (C=O) groups excluding carboxylic acids is 1. The summed E-state index contributed by atoms with van der Waals surface area (Å²) in [5.41, 5.74) is 3.71. The molecule has 5 nitrogen and oxygen atoms in total. The summed E-state index contributed by atoms with van der Waals surface area (Å²) in [5, 5.41) is 7.93. The van der Waals surface area contributed by atoms with E-state index in [4.69, 9.17) is 0 Å². The second-order valence-electron chi connectivity index (χ2n) is 7.78. The van der Waals surface area contributed by atoms with Crippen LogP contribution in [0.25, 0.3) is 5.69 Å². The molecule has 0 aliphatic carbocycles. The predicted molar refractivity (Wildman–Crippen MR) is 124 cm³/mol. The average Bonchev–Trinajstić information content (AvgIpc) is 2.73. The minimum absolute atomic E-state index is 0.113. The van der Waals surface area contributed by atoms with Crippen LogP contribution in [0.2, 0.25) is 0 Å². The summed E-state index contributed by atoms with van der Waals surface area (Å²) in [4.78, 5) is 24.6. The van der Waals surface area contributed by atoms with Gasteiger partial charge in [0.2, 0.25) is 5.91 Å². The van der Waals surface area contributed by atoms with E-state index in [0.717, 1.165) is 5.69 Å². The number of hydrogen-bond acceptors (Lipinski definition) is 4. The molecule has 1 aromatic heterocycles. The Kier molecular flexibility index (Phi) is 7.11. The first kappa shape index (κ1) is 21.8. The quantitative estimate of drug-likeness (QED) is 0.532. The van der Waals surface area contributed by atoms with Crippen LogP contribution in [-0.2, 0) is 4.79 Å². The minimum atomic E-state index is -0.202. The van der Waals surface area contributed by atoms with Crippen molar-refractivity contribution in [2.45, 2.75) is 44.6 Å². The second-order valence-corrected chi connectivity index (χ2v) is 8.78. The van der Waals surface area contributed by atoms with E-state index < -0.39 is 0 Å². The molecule has 0 atom stereocenters. The Hall–Kier alpha value is -2.86. The van der Waals surface area contributed by atoms with Crippen LogP contribution < -0.4 is 10.9 Å². The number of rotatable bonds is 7. The molecule has 1 N–H and O–H groups in total. The lowest BCUT2D eigenvalue weighted by molar-refractivity contribution is -0.113. The van der Waals surface area contributed by atoms with Gasteiger partial charge in [-0.15, -0.1) is 0 Å². The van der Waals surface area contributed by atoms with Crippen molar-refractivity contribution in [2.24, 2.45) is 0 Å². The van der Waals surface area contributed by atoms with Crippen LogP contribution >= 0.6 is 11.8 Å². The van der Waals surface area contributed by atoms with E-state index >= 15 is 0 Å². The lowest BCUT2D eigenvalue weighted by atomic mass is 10.0. The molecular weight excluding hydrogens is 394 g/mol. The Bertz CT molecular complexity index is 1060. The number of nitrogens with zero attached hydrogens (tertiary/aromatic N) is 2. The molecule has 3 aromatic rings. The number of nitrogens with one attached hydrogen (secondary N) is 1. The fourth-order valence-corrected chi connectivity index (χ4v) is 3.60. The highest BCUT2D eigenvalue weighted by Crippen LogP contribution is 2.19. The zero-order valence-corrected chi connectivity index (χ0v) is 18.6. The van der Waals surface area contributed by atoms with Crippen molar-refractivity contribution in [3.63, 3.8) is 0 Å². The van der Waals surface area contributed by atoms with Crippen molar-refractivity contribution < 1.29 is 4.79 Å². The Labute approximate surface area is 181 Å². The Morgan fingerprint density at radius 1 is 0.900 bits per heavy atom. The van der Waals surface area contributed by atoms with Crippen molar-refractivity contribution in [3.05, 3.63) is 82.1 Å². The fourth-order valence-electron chi connectivity index (χ4n) is 2.94. The molecule has 30 heavy (non-hydrogen) atoms. The first-order valence-corrected chi connectivity index (χ1v) is 11.1. The summed E-state index contributed by atoms with van der Waals surface area (Å²) in [6.45, 7) is 8.52. The van der Waals surface area contributed by atoms with Gasteiger partial charge in [0.15, 0.2) is 0 Å². The van der Waals surface area contributed by atoms with E-state index in [9.17, 15) is 9.59 Å². The molecule has 0 saturated carbocycles. The molecule has 0 saturated heterocycles. The Morgan fingerprint density at radius 2 is 1.47 bits per heavy atom. The SMILES string of the molecule is CC(C)c1ccc(NC(=O)CSc2ccc(=O)n(-c3ccc(C(C)C)cc3)n2)cc1. The number of benzene rings is 2. The summed E-state index contributed by atoms with van der Waals surface area (Å²) >= 11 is 1.30. The second kappa shape index (κ2) is 9.76. The van der Waals surface area contributed by atoms with E-state index in [-0.39, 0.29) is 17.2 Å². The fraction of sp³-hybridized carbons (Fsp3) is 0.292. The Balaban J connectivity index is 1.65. The van der Waals surface area contributed by atoms with Gasteiger partial charge < -0.3 is 5.32 Å². The van der Waals surface area contributed by atoms with Gasteiger partial charge in [-0.25, -0.2) is 0 Å². The van der Waals surface area contributed by atoms with E-state index in [2.05, 4.69) is 38.1 Å². The van der Waals surface area contributed by atoms with Crippen molar-refractivity contribution in [1.29, 1.82) is 0 Å². The number of carbonyl (C=O) groups is 1. The molecular formula is C24H27N3O2S. The maximum absolute atomic E-state index is 12.3. The van der Waals surface area contributed by atoms with Gasteiger partial charge >= 0.3 is 0 Å². The molecule has 0 unspecified atom stereocenters. The molecule has 2 aromatic carbocycles. The molecule has 3 rings (SSSR count). The van der Waals surface area contributed by atoms with E-state index in [1.54, 1.807) is 6.07 Å². The maximum atomic E-state index is 12.3. The third kappa shape index (κ3) is 5.60. The highest BCUT2D eigenvalue weighted by Gasteiger charge is 2.09. The zero-order valence-electron chi connectivity index (χ0n) is 17.8. The van der Waals surface area contributed by atoms with Crippen molar-refractivity contribution >= 4 is 23.4 Å². The van der Waals surface area contributed by atoms with Crippen LogP contribution in [0.5, 0.6) is 0 Å². The van der Waals surface area contributed by atoms with Crippen LogP contribution in [0.1, 0.15) is 50.7 Å². The van der Waals surface area contributed by atoms with Crippen LogP contribution in [0, 0.1) is 0 Å². The van der Waals surface area contributed by atoms with E-state index in [1.165, 1.54) is 33.6 Å². The van der Waals surface area contributed by atoms with Crippen LogP contribution in [0.15, 0.2) is 70.5 Å². The predicted octanol–water partition coefficient (Wildman–Crippen LogP) is 5.21. The molecule has 1 heterocycles. The number of amides is 1. The monoisotopic (exact) mass is 421 g/mol. The third-order valence-electron chi connectivity index (χ3n) is 4.79. The normalized spacial score (nSPS) is 11.1. The first-order chi connectivity index (χ1) is 14.3. The zero-order chi connectivity index (χ0) is 21.7. The van der Waals surface area contributed by atoms with Gasteiger partial charge in [0.05, 0.1) is 11.4 Å².